The number of hydrogen-bond acceptors (Lipinski definition) is 3. The smallest absolute Gasteiger partial charge is 0.313 e. The van der Waals surface area contributed by atoms with E-state index in [0.717, 1.165) is 19.3 Å². The van der Waals surface area contributed by atoms with Crippen molar-refractivity contribution in [3.05, 3.63) is 0 Å². The zero-order valence-corrected chi connectivity index (χ0v) is 10.0. The second-order valence-electron chi connectivity index (χ2n) is 5.44. The molecule has 2 rings (SSSR count). The third-order valence-corrected chi connectivity index (χ3v) is 4.31. The van der Waals surface area contributed by atoms with Gasteiger partial charge in [-0.05, 0) is 31.6 Å². The van der Waals surface area contributed by atoms with Gasteiger partial charge in [-0.25, -0.2) is 0 Å². The zero-order chi connectivity index (χ0) is 11.4. The summed E-state index contributed by atoms with van der Waals surface area (Å²) in [5, 5.41) is 0. The molecule has 0 aromatic heterocycles. The Bertz CT molecular complexity index is 237. The van der Waals surface area contributed by atoms with Crippen molar-refractivity contribution in [2.24, 2.45) is 17.1 Å². The van der Waals surface area contributed by atoms with Gasteiger partial charge >= 0.3 is 5.97 Å². The Labute approximate surface area is 97.7 Å². The molecule has 2 aliphatic carbocycles. The minimum absolute atomic E-state index is 0.0353. The van der Waals surface area contributed by atoms with E-state index in [2.05, 4.69) is 0 Å². The number of ether oxygens (including phenoxy) is 1. The Balaban J connectivity index is 1.74. The topological polar surface area (TPSA) is 52.3 Å². The molecular weight excluding hydrogens is 202 g/mol. The van der Waals surface area contributed by atoms with Crippen molar-refractivity contribution in [3.8, 4) is 0 Å². The average molecular weight is 225 g/mol. The summed E-state index contributed by atoms with van der Waals surface area (Å²) >= 11 is 0. The second kappa shape index (κ2) is 5.17. The van der Waals surface area contributed by atoms with E-state index in [1.54, 1.807) is 0 Å². The minimum atomic E-state index is -0.311. The fourth-order valence-electron chi connectivity index (χ4n) is 2.80. The first-order valence-corrected chi connectivity index (χ1v) is 6.64. The van der Waals surface area contributed by atoms with Gasteiger partial charge in [0.05, 0.1) is 12.0 Å². The van der Waals surface area contributed by atoms with Crippen LogP contribution in [0.15, 0.2) is 0 Å². The van der Waals surface area contributed by atoms with Crippen molar-refractivity contribution < 1.29 is 9.53 Å². The molecule has 2 saturated carbocycles. The number of esters is 1. The highest BCUT2D eigenvalue weighted by atomic mass is 16.5. The van der Waals surface area contributed by atoms with Crippen LogP contribution in [0.5, 0.6) is 0 Å². The molecule has 92 valence electrons. The van der Waals surface area contributed by atoms with Crippen molar-refractivity contribution in [2.75, 3.05) is 13.2 Å². The van der Waals surface area contributed by atoms with Crippen LogP contribution >= 0.6 is 0 Å². The highest BCUT2D eigenvalue weighted by molar-refractivity contribution is 5.78. The maximum Gasteiger partial charge on any atom is 0.313 e. The van der Waals surface area contributed by atoms with Crippen LogP contribution < -0.4 is 5.73 Å². The van der Waals surface area contributed by atoms with E-state index < -0.39 is 0 Å². The van der Waals surface area contributed by atoms with Crippen LogP contribution in [0, 0.1) is 11.3 Å². The lowest BCUT2D eigenvalue weighted by atomic mass is 9.69. The lowest BCUT2D eigenvalue weighted by Gasteiger charge is -2.38. The molecule has 16 heavy (non-hydrogen) atoms. The SMILES string of the molecule is NCC1(C(=O)OCC2CCCCC2)CCC1. The van der Waals surface area contributed by atoms with Crippen LogP contribution in [0.4, 0.5) is 0 Å². The summed E-state index contributed by atoms with van der Waals surface area (Å²) in [5.74, 6) is 0.569. The van der Waals surface area contributed by atoms with Crippen LogP contribution in [-0.2, 0) is 9.53 Å². The van der Waals surface area contributed by atoms with E-state index in [4.69, 9.17) is 10.5 Å². The lowest BCUT2D eigenvalue weighted by molar-refractivity contribution is -0.162. The van der Waals surface area contributed by atoms with Gasteiger partial charge in [-0.3, -0.25) is 4.79 Å². The fourth-order valence-corrected chi connectivity index (χ4v) is 2.80. The average Bonchev–Trinajstić information content (AvgIpc) is 2.27. The van der Waals surface area contributed by atoms with Crippen molar-refractivity contribution in [1.82, 2.24) is 0 Å². The van der Waals surface area contributed by atoms with Crippen molar-refractivity contribution >= 4 is 5.97 Å². The fraction of sp³-hybridized carbons (Fsp3) is 0.923. The van der Waals surface area contributed by atoms with Gasteiger partial charge in [-0.2, -0.15) is 0 Å². The summed E-state index contributed by atoms with van der Waals surface area (Å²) in [5.41, 5.74) is 5.37. The van der Waals surface area contributed by atoms with E-state index in [9.17, 15) is 4.79 Å². The lowest BCUT2D eigenvalue weighted by Crippen LogP contribution is -2.45. The number of rotatable bonds is 4. The molecule has 0 aliphatic heterocycles. The summed E-state index contributed by atoms with van der Waals surface area (Å²) in [7, 11) is 0. The van der Waals surface area contributed by atoms with Crippen LogP contribution in [0.1, 0.15) is 51.4 Å². The van der Waals surface area contributed by atoms with Gasteiger partial charge in [-0.1, -0.05) is 25.7 Å². The molecule has 0 bridgehead atoms. The molecule has 0 saturated heterocycles. The van der Waals surface area contributed by atoms with Crippen molar-refractivity contribution in [1.29, 1.82) is 0 Å². The van der Waals surface area contributed by atoms with E-state index in [0.29, 0.717) is 19.1 Å². The van der Waals surface area contributed by atoms with E-state index in [1.807, 2.05) is 0 Å². The number of carbonyl (C=O) groups excluding carboxylic acids is 1. The van der Waals surface area contributed by atoms with Crippen molar-refractivity contribution in [2.45, 2.75) is 51.4 Å². The molecule has 3 heteroatoms. The molecule has 2 fully saturated rings. The summed E-state index contributed by atoms with van der Waals surface area (Å²) < 4.78 is 5.46. The molecule has 0 atom stereocenters. The first-order chi connectivity index (χ1) is 7.77. The molecule has 0 aromatic rings. The largest absolute Gasteiger partial charge is 0.465 e. The standard InChI is InChI=1S/C13H23NO2/c14-10-13(7-4-8-13)12(15)16-9-11-5-2-1-3-6-11/h11H,1-10,14H2. The maximum atomic E-state index is 11.9. The third kappa shape index (κ3) is 2.40. The van der Waals surface area contributed by atoms with Gasteiger partial charge in [0, 0.05) is 6.54 Å². The first kappa shape index (κ1) is 11.9. The zero-order valence-electron chi connectivity index (χ0n) is 10.0. The van der Waals surface area contributed by atoms with E-state index in [1.165, 1.54) is 32.1 Å². The predicted molar refractivity (Wildman–Crippen MR) is 62.9 cm³/mol. The molecule has 0 spiro atoms. The Hall–Kier alpha value is -0.570. The Morgan fingerprint density at radius 3 is 2.38 bits per heavy atom. The van der Waals surface area contributed by atoms with Gasteiger partial charge in [0.1, 0.15) is 0 Å². The summed E-state index contributed by atoms with van der Waals surface area (Å²) in [4.78, 5) is 11.9. The van der Waals surface area contributed by atoms with Crippen molar-refractivity contribution in [3.63, 3.8) is 0 Å². The normalized spacial score (nSPS) is 24.8. The molecule has 0 unspecified atom stereocenters. The van der Waals surface area contributed by atoms with Gasteiger partial charge < -0.3 is 10.5 Å². The Morgan fingerprint density at radius 1 is 1.19 bits per heavy atom. The Kier molecular flexibility index (Phi) is 3.85. The molecule has 0 amide bonds. The van der Waals surface area contributed by atoms with E-state index >= 15 is 0 Å². The van der Waals surface area contributed by atoms with E-state index in [-0.39, 0.29) is 11.4 Å². The molecule has 0 radical (unpaired) electrons. The Morgan fingerprint density at radius 2 is 1.88 bits per heavy atom. The monoisotopic (exact) mass is 225 g/mol. The molecule has 0 heterocycles. The van der Waals surface area contributed by atoms with Crippen LogP contribution in [0.2, 0.25) is 0 Å². The minimum Gasteiger partial charge on any atom is -0.465 e. The first-order valence-electron chi connectivity index (χ1n) is 6.64. The molecule has 2 aliphatic rings. The molecule has 0 aromatic carbocycles. The third-order valence-electron chi connectivity index (χ3n) is 4.31. The predicted octanol–water partition coefficient (Wildman–Crippen LogP) is 2.24. The molecule has 2 N–H and O–H groups in total. The maximum absolute atomic E-state index is 11.9. The van der Waals surface area contributed by atoms with Gasteiger partial charge in [0.15, 0.2) is 0 Å². The number of nitrogens with two attached hydrogens (primary N) is 1. The van der Waals surface area contributed by atoms with Crippen LogP contribution in [0.25, 0.3) is 0 Å². The number of hydrogen-bond donors (Lipinski definition) is 1. The molecular formula is C13H23NO2. The van der Waals surface area contributed by atoms with Gasteiger partial charge in [0.25, 0.3) is 0 Å². The summed E-state index contributed by atoms with van der Waals surface area (Å²) in [6, 6.07) is 0. The second-order valence-corrected chi connectivity index (χ2v) is 5.44. The van der Waals surface area contributed by atoms with Crippen LogP contribution in [-0.4, -0.2) is 19.1 Å². The quantitative estimate of drug-likeness (QED) is 0.746. The highest BCUT2D eigenvalue weighted by Gasteiger charge is 2.44. The number of carbonyl (C=O) groups is 1. The summed E-state index contributed by atoms with van der Waals surface area (Å²) in [6.45, 7) is 1.08. The van der Waals surface area contributed by atoms with Crippen LogP contribution in [0.3, 0.4) is 0 Å². The highest BCUT2D eigenvalue weighted by Crippen LogP contribution is 2.41. The van der Waals surface area contributed by atoms with Gasteiger partial charge in [0.2, 0.25) is 0 Å². The summed E-state index contributed by atoms with van der Waals surface area (Å²) in [6.07, 6.45) is 9.35. The van der Waals surface area contributed by atoms with Gasteiger partial charge in [-0.15, -0.1) is 0 Å². The molecule has 3 nitrogen and oxygen atoms in total.